The summed E-state index contributed by atoms with van der Waals surface area (Å²) in [5.41, 5.74) is 8.03. The first-order valence-electron chi connectivity index (χ1n) is 7.41. The average Bonchev–Trinajstić information content (AvgIpc) is 2.42. The molecule has 0 radical (unpaired) electrons. The largest absolute Gasteiger partial charge is 0.399 e. The fourth-order valence-corrected chi connectivity index (χ4v) is 3.78. The number of benzene rings is 1. The Morgan fingerprint density at radius 1 is 1.00 bits per heavy atom. The molecule has 0 spiro atoms. The minimum absolute atomic E-state index is 0.852. The van der Waals surface area contributed by atoms with E-state index in [0.717, 1.165) is 24.2 Å². The lowest BCUT2D eigenvalue weighted by molar-refractivity contribution is 0.0547. The monoisotopic (exact) mass is 244 g/mol. The molecule has 2 aliphatic rings. The van der Waals surface area contributed by atoms with Crippen molar-refractivity contribution in [3.63, 3.8) is 0 Å². The van der Waals surface area contributed by atoms with Gasteiger partial charge in [0.2, 0.25) is 0 Å². The minimum Gasteiger partial charge on any atom is -0.399 e. The summed E-state index contributed by atoms with van der Waals surface area (Å²) in [6.07, 6.45) is 8.61. The Hall–Kier alpha value is -1.02. The number of nitrogens with two attached hydrogens (primary N) is 1. The summed E-state index contributed by atoms with van der Waals surface area (Å²) in [4.78, 5) is 2.72. The van der Waals surface area contributed by atoms with E-state index in [1.54, 1.807) is 0 Å². The number of anilines is 1. The Kier molecular flexibility index (Phi) is 3.55. The van der Waals surface area contributed by atoms with Gasteiger partial charge in [-0.05, 0) is 55.8 Å². The molecule has 2 heteroatoms. The van der Waals surface area contributed by atoms with Crippen molar-refractivity contribution >= 4 is 5.69 Å². The van der Waals surface area contributed by atoms with Crippen molar-refractivity contribution in [2.24, 2.45) is 5.92 Å². The van der Waals surface area contributed by atoms with Gasteiger partial charge in [-0.2, -0.15) is 0 Å². The van der Waals surface area contributed by atoms with Crippen LogP contribution in [0.4, 0.5) is 5.69 Å². The van der Waals surface area contributed by atoms with Gasteiger partial charge in [0, 0.05) is 18.3 Å². The van der Waals surface area contributed by atoms with Crippen LogP contribution in [0.1, 0.15) is 44.1 Å². The molecule has 0 aromatic heterocycles. The van der Waals surface area contributed by atoms with Crippen LogP contribution >= 0.6 is 0 Å². The van der Waals surface area contributed by atoms with Gasteiger partial charge in [0.1, 0.15) is 0 Å². The zero-order chi connectivity index (χ0) is 12.4. The number of nitrogens with zero attached hydrogens (tertiary/aromatic N) is 1. The Morgan fingerprint density at radius 2 is 1.72 bits per heavy atom. The van der Waals surface area contributed by atoms with E-state index in [1.807, 2.05) is 12.1 Å². The number of hydrogen-bond acceptors (Lipinski definition) is 2. The van der Waals surface area contributed by atoms with Crippen LogP contribution in [0.3, 0.4) is 0 Å². The second-order valence-corrected chi connectivity index (χ2v) is 5.97. The van der Waals surface area contributed by atoms with Crippen molar-refractivity contribution in [2.75, 3.05) is 12.3 Å². The highest BCUT2D eigenvalue weighted by Crippen LogP contribution is 2.35. The third-order valence-electron chi connectivity index (χ3n) is 4.72. The maximum Gasteiger partial charge on any atom is 0.0314 e. The second kappa shape index (κ2) is 5.31. The molecule has 0 bridgehead atoms. The number of likely N-dealkylation sites (tertiary alicyclic amines) is 1. The van der Waals surface area contributed by atoms with E-state index in [1.165, 1.54) is 50.6 Å². The molecule has 1 aliphatic carbocycles. The summed E-state index contributed by atoms with van der Waals surface area (Å²) in [5.74, 6) is 0.973. The smallest absolute Gasteiger partial charge is 0.0314 e. The quantitative estimate of drug-likeness (QED) is 0.808. The van der Waals surface area contributed by atoms with E-state index >= 15 is 0 Å². The summed E-state index contributed by atoms with van der Waals surface area (Å²) >= 11 is 0. The van der Waals surface area contributed by atoms with Crippen LogP contribution in [0.5, 0.6) is 0 Å². The van der Waals surface area contributed by atoms with E-state index in [0.29, 0.717) is 0 Å². The summed E-state index contributed by atoms with van der Waals surface area (Å²) in [5, 5.41) is 0. The number of hydrogen-bond donors (Lipinski definition) is 1. The topological polar surface area (TPSA) is 29.3 Å². The van der Waals surface area contributed by atoms with E-state index in [4.69, 9.17) is 5.73 Å². The molecule has 18 heavy (non-hydrogen) atoms. The van der Waals surface area contributed by atoms with Crippen LogP contribution < -0.4 is 5.73 Å². The number of fused-ring (bicyclic) bond motifs is 1. The summed E-state index contributed by atoms with van der Waals surface area (Å²) in [6, 6.07) is 9.27. The molecular formula is C16H24N2. The van der Waals surface area contributed by atoms with Gasteiger partial charge in [0.05, 0.1) is 0 Å². The molecule has 2 fully saturated rings. The molecule has 0 amide bonds. The van der Waals surface area contributed by atoms with Crippen LogP contribution in [0, 0.1) is 5.92 Å². The molecule has 1 heterocycles. The summed E-state index contributed by atoms with van der Waals surface area (Å²) in [7, 11) is 0. The summed E-state index contributed by atoms with van der Waals surface area (Å²) in [6.45, 7) is 2.40. The molecule has 2 atom stereocenters. The van der Waals surface area contributed by atoms with Gasteiger partial charge in [0.25, 0.3) is 0 Å². The van der Waals surface area contributed by atoms with Gasteiger partial charge in [-0.25, -0.2) is 0 Å². The molecular weight excluding hydrogens is 220 g/mol. The highest BCUT2D eigenvalue weighted by molar-refractivity contribution is 5.39. The third kappa shape index (κ3) is 2.54. The second-order valence-electron chi connectivity index (χ2n) is 5.97. The Balaban J connectivity index is 1.69. The van der Waals surface area contributed by atoms with E-state index < -0.39 is 0 Å². The van der Waals surface area contributed by atoms with Crippen molar-refractivity contribution in [2.45, 2.75) is 51.1 Å². The van der Waals surface area contributed by atoms with Crippen molar-refractivity contribution in [1.29, 1.82) is 0 Å². The van der Waals surface area contributed by atoms with Gasteiger partial charge < -0.3 is 5.73 Å². The average molecular weight is 244 g/mol. The van der Waals surface area contributed by atoms with Crippen molar-refractivity contribution in [1.82, 2.24) is 4.90 Å². The Labute approximate surface area is 110 Å². The number of piperidine rings is 1. The third-order valence-corrected chi connectivity index (χ3v) is 4.72. The lowest BCUT2D eigenvalue weighted by atomic mass is 9.78. The van der Waals surface area contributed by atoms with Crippen molar-refractivity contribution in [3.8, 4) is 0 Å². The standard InChI is InChI=1S/C16H24N2/c17-15-9-7-13(8-10-15)12-18-11-3-5-14-4-1-2-6-16(14)18/h7-10,14,16H,1-6,11-12,17H2. The first-order valence-corrected chi connectivity index (χ1v) is 7.41. The highest BCUT2D eigenvalue weighted by atomic mass is 15.2. The predicted octanol–water partition coefficient (Wildman–Crippen LogP) is 3.42. The zero-order valence-corrected chi connectivity index (χ0v) is 11.1. The molecule has 1 aromatic rings. The highest BCUT2D eigenvalue weighted by Gasteiger charge is 2.32. The van der Waals surface area contributed by atoms with Crippen LogP contribution in [-0.2, 0) is 6.54 Å². The van der Waals surface area contributed by atoms with Gasteiger partial charge in [-0.15, -0.1) is 0 Å². The van der Waals surface area contributed by atoms with Gasteiger partial charge in [-0.3, -0.25) is 4.90 Å². The van der Waals surface area contributed by atoms with Crippen LogP contribution in [0.25, 0.3) is 0 Å². The normalized spacial score (nSPS) is 28.9. The molecule has 1 saturated heterocycles. The van der Waals surface area contributed by atoms with Crippen molar-refractivity contribution < 1.29 is 0 Å². The number of rotatable bonds is 2. The molecule has 1 aliphatic heterocycles. The lowest BCUT2D eigenvalue weighted by Crippen LogP contribution is -2.46. The van der Waals surface area contributed by atoms with Gasteiger partial charge in [0.15, 0.2) is 0 Å². The molecule has 2 unspecified atom stereocenters. The van der Waals surface area contributed by atoms with Gasteiger partial charge >= 0.3 is 0 Å². The number of nitrogen functional groups attached to an aromatic ring is 1. The fourth-order valence-electron chi connectivity index (χ4n) is 3.78. The lowest BCUT2D eigenvalue weighted by Gasteiger charge is -2.44. The predicted molar refractivity (Wildman–Crippen MR) is 76.2 cm³/mol. The van der Waals surface area contributed by atoms with E-state index in [2.05, 4.69) is 17.0 Å². The first kappa shape index (κ1) is 12.0. The van der Waals surface area contributed by atoms with E-state index in [9.17, 15) is 0 Å². The minimum atomic E-state index is 0.852. The summed E-state index contributed by atoms with van der Waals surface area (Å²) < 4.78 is 0. The maximum atomic E-state index is 5.75. The van der Waals surface area contributed by atoms with Crippen LogP contribution in [-0.4, -0.2) is 17.5 Å². The van der Waals surface area contributed by atoms with Gasteiger partial charge in [-0.1, -0.05) is 25.0 Å². The van der Waals surface area contributed by atoms with E-state index in [-0.39, 0.29) is 0 Å². The first-order chi connectivity index (χ1) is 8.83. The molecule has 3 rings (SSSR count). The SMILES string of the molecule is Nc1ccc(CN2CCCC3CCCCC32)cc1. The molecule has 1 aromatic carbocycles. The molecule has 2 N–H and O–H groups in total. The zero-order valence-electron chi connectivity index (χ0n) is 11.1. The molecule has 2 nitrogen and oxygen atoms in total. The molecule has 1 saturated carbocycles. The Bertz CT molecular complexity index is 383. The maximum absolute atomic E-state index is 5.75. The Morgan fingerprint density at radius 3 is 2.56 bits per heavy atom. The fraction of sp³-hybridized carbons (Fsp3) is 0.625. The molecule has 98 valence electrons. The van der Waals surface area contributed by atoms with Crippen LogP contribution in [0.15, 0.2) is 24.3 Å². The van der Waals surface area contributed by atoms with Crippen molar-refractivity contribution in [3.05, 3.63) is 29.8 Å². The van der Waals surface area contributed by atoms with Crippen LogP contribution in [0.2, 0.25) is 0 Å².